The van der Waals surface area contributed by atoms with Gasteiger partial charge in [0.15, 0.2) is 0 Å². The zero-order chi connectivity index (χ0) is 12.8. The number of rotatable bonds is 6. The number of hydrogen-bond acceptors (Lipinski definition) is 2. The zero-order valence-corrected chi connectivity index (χ0v) is 11.5. The fourth-order valence-electron chi connectivity index (χ4n) is 1.18. The lowest BCUT2D eigenvalue weighted by Crippen LogP contribution is -2.36. The zero-order valence-electron chi connectivity index (χ0n) is 10.7. The molecule has 0 bridgehead atoms. The molecule has 0 saturated heterocycles. The van der Waals surface area contributed by atoms with Crippen LogP contribution in [0.15, 0.2) is 0 Å². The van der Waals surface area contributed by atoms with Crippen LogP contribution in [-0.2, 0) is 10.0 Å². The van der Waals surface area contributed by atoms with Crippen LogP contribution in [0.25, 0.3) is 0 Å². The maximum absolute atomic E-state index is 11.7. The monoisotopic (exact) mass is 245 g/mol. The Hall–Kier alpha value is -0.530. The first-order chi connectivity index (χ1) is 7.20. The Kier molecular flexibility index (Phi) is 6.06. The van der Waals surface area contributed by atoms with E-state index in [1.165, 1.54) is 0 Å². The maximum atomic E-state index is 11.7. The highest BCUT2D eigenvalue weighted by Gasteiger charge is 2.19. The van der Waals surface area contributed by atoms with Gasteiger partial charge in [0.25, 0.3) is 0 Å². The Morgan fingerprint density at radius 2 is 1.94 bits per heavy atom. The Balaban J connectivity index is 4.30. The van der Waals surface area contributed by atoms with E-state index < -0.39 is 10.0 Å². The lowest BCUT2D eigenvalue weighted by Gasteiger charge is -2.19. The molecule has 0 aliphatic heterocycles. The van der Waals surface area contributed by atoms with Gasteiger partial charge in [0.2, 0.25) is 10.0 Å². The fourth-order valence-corrected chi connectivity index (χ4v) is 2.80. The molecule has 0 aliphatic carbocycles. The van der Waals surface area contributed by atoms with Crippen LogP contribution in [0.4, 0.5) is 0 Å². The Bertz CT molecular complexity index is 333. The number of nitrogens with one attached hydrogen (secondary N) is 1. The lowest BCUT2D eigenvalue weighted by molar-refractivity contribution is 0.396. The topological polar surface area (TPSA) is 46.2 Å². The van der Waals surface area contributed by atoms with Crippen molar-refractivity contribution in [3.05, 3.63) is 0 Å². The first kappa shape index (κ1) is 15.5. The molecule has 94 valence electrons. The van der Waals surface area contributed by atoms with Gasteiger partial charge in [0.1, 0.15) is 0 Å². The molecule has 0 aliphatic rings. The molecule has 1 N–H and O–H groups in total. The van der Waals surface area contributed by atoms with Crippen molar-refractivity contribution in [2.24, 2.45) is 5.41 Å². The SMILES string of the molecule is C#CC(CCC)NS(=O)(=O)CCC(C)(C)C. The average molecular weight is 245 g/mol. The first-order valence-electron chi connectivity index (χ1n) is 5.66. The number of sulfonamides is 1. The molecule has 0 aromatic rings. The maximum Gasteiger partial charge on any atom is 0.212 e. The van der Waals surface area contributed by atoms with Crippen molar-refractivity contribution in [2.75, 3.05) is 5.75 Å². The van der Waals surface area contributed by atoms with Crippen molar-refractivity contribution < 1.29 is 8.42 Å². The van der Waals surface area contributed by atoms with Gasteiger partial charge in [0, 0.05) is 0 Å². The third-order valence-electron chi connectivity index (χ3n) is 2.22. The number of hydrogen-bond donors (Lipinski definition) is 1. The summed E-state index contributed by atoms with van der Waals surface area (Å²) in [5, 5.41) is 0. The average Bonchev–Trinajstić information content (AvgIpc) is 2.13. The van der Waals surface area contributed by atoms with Gasteiger partial charge in [-0.25, -0.2) is 13.1 Å². The van der Waals surface area contributed by atoms with Gasteiger partial charge < -0.3 is 0 Å². The summed E-state index contributed by atoms with van der Waals surface area (Å²) in [5.74, 6) is 2.60. The van der Waals surface area contributed by atoms with Gasteiger partial charge in [-0.15, -0.1) is 6.42 Å². The molecule has 0 spiro atoms. The molecule has 0 rings (SSSR count). The molecule has 16 heavy (non-hydrogen) atoms. The molecule has 0 amide bonds. The van der Waals surface area contributed by atoms with Crippen LogP contribution < -0.4 is 4.72 Å². The van der Waals surface area contributed by atoms with Gasteiger partial charge in [-0.2, -0.15) is 0 Å². The molecular formula is C12H23NO2S. The predicted molar refractivity (Wildman–Crippen MR) is 68.5 cm³/mol. The van der Waals surface area contributed by atoms with Gasteiger partial charge in [0.05, 0.1) is 11.8 Å². The predicted octanol–water partition coefficient (Wildman–Crippen LogP) is 2.14. The van der Waals surface area contributed by atoms with E-state index in [0.29, 0.717) is 12.8 Å². The van der Waals surface area contributed by atoms with E-state index in [9.17, 15) is 8.42 Å². The lowest BCUT2D eigenvalue weighted by atomic mass is 9.94. The van der Waals surface area contributed by atoms with E-state index in [1.807, 2.05) is 27.7 Å². The summed E-state index contributed by atoms with van der Waals surface area (Å²) in [5.41, 5.74) is 0.0190. The summed E-state index contributed by atoms with van der Waals surface area (Å²) in [6.07, 6.45) is 7.46. The molecule has 0 aromatic heterocycles. The Morgan fingerprint density at radius 1 is 1.38 bits per heavy atom. The smallest absolute Gasteiger partial charge is 0.212 e. The van der Waals surface area contributed by atoms with Crippen LogP contribution in [0.2, 0.25) is 0 Å². The summed E-state index contributed by atoms with van der Waals surface area (Å²) < 4.78 is 26.0. The van der Waals surface area contributed by atoms with Crippen LogP contribution in [0.1, 0.15) is 47.0 Å². The van der Waals surface area contributed by atoms with Crippen molar-refractivity contribution in [2.45, 2.75) is 53.0 Å². The van der Waals surface area contributed by atoms with Gasteiger partial charge in [-0.1, -0.05) is 40.0 Å². The van der Waals surface area contributed by atoms with Gasteiger partial charge in [-0.3, -0.25) is 0 Å². The molecule has 1 unspecified atom stereocenters. The van der Waals surface area contributed by atoms with Gasteiger partial charge >= 0.3 is 0 Å². The molecule has 0 aromatic carbocycles. The quantitative estimate of drug-likeness (QED) is 0.729. The molecule has 0 fully saturated rings. The summed E-state index contributed by atoms with van der Waals surface area (Å²) >= 11 is 0. The van der Waals surface area contributed by atoms with Crippen LogP contribution in [0, 0.1) is 17.8 Å². The van der Waals surface area contributed by atoms with E-state index in [-0.39, 0.29) is 17.2 Å². The highest BCUT2D eigenvalue weighted by atomic mass is 32.2. The first-order valence-corrected chi connectivity index (χ1v) is 7.31. The molecule has 4 heteroatoms. The van der Waals surface area contributed by atoms with E-state index in [0.717, 1.165) is 6.42 Å². The molecule has 0 heterocycles. The largest absolute Gasteiger partial charge is 0.212 e. The van der Waals surface area contributed by atoms with Crippen LogP contribution in [0.3, 0.4) is 0 Å². The van der Waals surface area contributed by atoms with Crippen LogP contribution in [-0.4, -0.2) is 20.2 Å². The molecular weight excluding hydrogens is 222 g/mol. The third kappa shape index (κ3) is 7.72. The summed E-state index contributed by atoms with van der Waals surface area (Å²) in [4.78, 5) is 0. The van der Waals surface area contributed by atoms with Crippen molar-refractivity contribution in [3.63, 3.8) is 0 Å². The second-order valence-electron chi connectivity index (χ2n) is 5.26. The van der Waals surface area contributed by atoms with Crippen molar-refractivity contribution in [1.29, 1.82) is 0 Å². The van der Waals surface area contributed by atoms with E-state index in [4.69, 9.17) is 6.42 Å². The standard InChI is InChI=1S/C12H23NO2S/c1-6-8-11(7-2)13-16(14,15)10-9-12(3,4)5/h2,11,13H,6,8-10H2,1,3-5H3. The third-order valence-corrected chi connectivity index (χ3v) is 3.61. The van der Waals surface area contributed by atoms with Crippen LogP contribution in [0.5, 0.6) is 0 Å². The van der Waals surface area contributed by atoms with E-state index >= 15 is 0 Å². The minimum absolute atomic E-state index is 0.0190. The molecule has 3 nitrogen and oxygen atoms in total. The summed E-state index contributed by atoms with van der Waals surface area (Å²) in [7, 11) is -3.24. The van der Waals surface area contributed by atoms with E-state index in [1.54, 1.807) is 0 Å². The summed E-state index contributed by atoms with van der Waals surface area (Å²) in [6, 6.07) is -0.366. The summed E-state index contributed by atoms with van der Waals surface area (Å²) in [6.45, 7) is 8.04. The fraction of sp³-hybridized carbons (Fsp3) is 0.833. The number of terminal acetylenes is 1. The van der Waals surface area contributed by atoms with Crippen molar-refractivity contribution >= 4 is 10.0 Å². The normalized spacial score (nSPS) is 14.4. The minimum Gasteiger partial charge on any atom is -0.212 e. The molecule has 1 atom stereocenters. The van der Waals surface area contributed by atoms with Crippen molar-refractivity contribution in [3.8, 4) is 12.3 Å². The van der Waals surface area contributed by atoms with Crippen LogP contribution >= 0.6 is 0 Å². The highest BCUT2D eigenvalue weighted by molar-refractivity contribution is 7.89. The minimum atomic E-state index is -3.24. The second-order valence-corrected chi connectivity index (χ2v) is 7.13. The molecule has 0 radical (unpaired) electrons. The Morgan fingerprint density at radius 3 is 2.31 bits per heavy atom. The van der Waals surface area contributed by atoms with Gasteiger partial charge in [-0.05, 0) is 18.3 Å². The molecule has 0 saturated carbocycles. The second kappa shape index (κ2) is 6.27. The van der Waals surface area contributed by atoms with Crippen molar-refractivity contribution in [1.82, 2.24) is 4.72 Å². The highest BCUT2D eigenvalue weighted by Crippen LogP contribution is 2.19. The van der Waals surface area contributed by atoms with E-state index in [2.05, 4.69) is 10.6 Å². The Labute approximate surface area is 100 Å².